The zero-order chi connectivity index (χ0) is 25.8. The Morgan fingerprint density at radius 3 is 2.66 bits per heavy atom. The lowest BCUT2D eigenvalue weighted by atomic mass is 10.1. The molecule has 0 aliphatic rings. The Bertz CT molecular complexity index is 1220. The van der Waals surface area contributed by atoms with Gasteiger partial charge in [-0.05, 0) is 39.2 Å². The van der Waals surface area contributed by atoms with Gasteiger partial charge in [0.15, 0.2) is 5.16 Å². The number of hydrogen-bond donors (Lipinski definition) is 6. The highest BCUT2D eigenvalue weighted by Gasteiger charge is 2.24. The number of fused-ring (bicyclic) bond motifs is 1. The van der Waals surface area contributed by atoms with E-state index in [9.17, 15) is 14.7 Å². The summed E-state index contributed by atoms with van der Waals surface area (Å²) in [5.41, 5.74) is 8.17. The highest BCUT2D eigenvalue weighted by Crippen LogP contribution is 2.39. The zero-order valence-electron chi connectivity index (χ0n) is 20.0. The van der Waals surface area contributed by atoms with Crippen LogP contribution in [0.2, 0.25) is 0 Å². The van der Waals surface area contributed by atoms with Crippen LogP contribution in [-0.2, 0) is 4.79 Å². The number of anilines is 2. The minimum absolute atomic E-state index is 0.0284. The largest absolute Gasteiger partial charge is 0.397 e. The lowest BCUT2D eigenvalue weighted by molar-refractivity contribution is -0.115. The Balaban J connectivity index is 1.94. The number of nitrogens with zero attached hydrogens (tertiary/aromatic N) is 2. The number of thiophene rings is 1. The number of aromatic nitrogens is 2. The number of nitrogen functional groups attached to an aromatic ring is 1. The van der Waals surface area contributed by atoms with Gasteiger partial charge in [0.25, 0.3) is 5.91 Å². The van der Waals surface area contributed by atoms with E-state index in [1.54, 1.807) is 18.2 Å². The molecule has 2 aromatic heterocycles. The summed E-state index contributed by atoms with van der Waals surface area (Å²) in [7, 11) is 0. The highest BCUT2D eigenvalue weighted by molar-refractivity contribution is 7.98. The van der Waals surface area contributed by atoms with E-state index in [0.717, 1.165) is 0 Å². The van der Waals surface area contributed by atoms with Gasteiger partial charge in [-0.2, -0.15) is 0 Å². The van der Waals surface area contributed by atoms with Gasteiger partial charge in [0, 0.05) is 23.3 Å². The lowest BCUT2D eigenvalue weighted by Crippen LogP contribution is -2.40. The number of hydrogen-bond acceptors (Lipinski definition) is 10. The fraction of sp³-hybridized carbons (Fsp3) is 0.391. The molecule has 1 unspecified atom stereocenters. The third-order valence-corrected chi connectivity index (χ3v) is 6.39. The van der Waals surface area contributed by atoms with Crippen LogP contribution in [0.25, 0.3) is 21.5 Å². The molecule has 0 spiro atoms. The second-order valence-electron chi connectivity index (χ2n) is 8.88. The van der Waals surface area contributed by atoms with Crippen molar-refractivity contribution >= 4 is 56.5 Å². The van der Waals surface area contributed by atoms with Gasteiger partial charge in [0.2, 0.25) is 5.91 Å². The maximum atomic E-state index is 12.9. The van der Waals surface area contributed by atoms with E-state index < -0.39 is 11.6 Å². The van der Waals surface area contributed by atoms with E-state index in [-0.39, 0.29) is 31.5 Å². The molecule has 3 aromatic rings. The summed E-state index contributed by atoms with van der Waals surface area (Å²) in [5, 5.41) is 27.9. The minimum Gasteiger partial charge on any atom is -0.397 e. The van der Waals surface area contributed by atoms with Gasteiger partial charge >= 0.3 is 0 Å². The Hall–Kier alpha value is -2.77. The summed E-state index contributed by atoms with van der Waals surface area (Å²) in [6, 6.07) is 7.16. The number of benzene rings is 1. The van der Waals surface area contributed by atoms with Crippen LogP contribution in [0.15, 0.2) is 29.4 Å². The molecule has 0 fully saturated rings. The van der Waals surface area contributed by atoms with Crippen LogP contribution in [0.4, 0.5) is 11.4 Å². The number of nitrogens with one attached hydrogen (secondary N) is 3. The molecule has 0 aliphatic carbocycles. The molecule has 12 heteroatoms. The third kappa shape index (κ3) is 6.89. The van der Waals surface area contributed by atoms with Gasteiger partial charge in [-0.15, -0.1) is 11.3 Å². The predicted octanol–water partition coefficient (Wildman–Crippen LogP) is 2.07. The van der Waals surface area contributed by atoms with Gasteiger partial charge in [-0.1, -0.05) is 23.9 Å². The molecule has 2 amide bonds. The first-order valence-electron chi connectivity index (χ1n) is 10.9. The first kappa shape index (κ1) is 26.8. The Morgan fingerprint density at radius 2 is 2.00 bits per heavy atom. The number of thioether (sulfide) groups is 1. The molecule has 0 saturated carbocycles. The summed E-state index contributed by atoms with van der Waals surface area (Å²) >= 11 is 2.60. The van der Waals surface area contributed by atoms with Crippen molar-refractivity contribution in [3.05, 3.63) is 29.1 Å². The third-order valence-electron chi connectivity index (χ3n) is 4.74. The average Bonchev–Trinajstić information content (AvgIpc) is 3.13. The van der Waals surface area contributed by atoms with Crippen LogP contribution in [0.5, 0.6) is 0 Å². The Morgan fingerprint density at radius 1 is 1.26 bits per heavy atom. The second kappa shape index (κ2) is 11.3. The molecule has 1 aromatic carbocycles. The van der Waals surface area contributed by atoms with Crippen LogP contribution >= 0.6 is 23.1 Å². The van der Waals surface area contributed by atoms with Gasteiger partial charge in [-0.3, -0.25) is 9.59 Å². The molecule has 10 nitrogen and oxygen atoms in total. The van der Waals surface area contributed by atoms with Crippen molar-refractivity contribution in [3.63, 3.8) is 0 Å². The Kier molecular flexibility index (Phi) is 8.67. The maximum Gasteiger partial charge on any atom is 0.263 e. The maximum absolute atomic E-state index is 12.9. The summed E-state index contributed by atoms with van der Waals surface area (Å²) in [6.45, 7) is 5.39. The first-order chi connectivity index (χ1) is 16.5. The number of aliphatic hydroxyl groups excluding tert-OH is 2. The molecule has 0 radical (unpaired) electrons. The topological polar surface area (TPSA) is 162 Å². The second-order valence-corrected chi connectivity index (χ2v) is 10.7. The summed E-state index contributed by atoms with van der Waals surface area (Å²) in [6.07, 6.45) is 0.940. The normalized spacial score (nSPS) is 12.5. The molecular formula is C23H30N6O4S2. The molecule has 0 bridgehead atoms. The molecule has 35 heavy (non-hydrogen) atoms. The van der Waals surface area contributed by atoms with Crippen LogP contribution in [-0.4, -0.2) is 69.6 Å². The van der Waals surface area contributed by atoms with E-state index in [4.69, 9.17) is 10.8 Å². The number of rotatable bonds is 9. The van der Waals surface area contributed by atoms with Crippen LogP contribution < -0.4 is 21.7 Å². The van der Waals surface area contributed by atoms with Gasteiger partial charge < -0.3 is 31.9 Å². The van der Waals surface area contributed by atoms with Gasteiger partial charge in [0.1, 0.15) is 9.71 Å². The van der Waals surface area contributed by atoms with E-state index >= 15 is 0 Å². The highest BCUT2D eigenvalue weighted by atomic mass is 32.2. The van der Waals surface area contributed by atoms with Crippen molar-refractivity contribution in [2.45, 2.75) is 37.6 Å². The molecule has 1 atom stereocenters. The van der Waals surface area contributed by atoms with Gasteiger partial charge in [0.05, 0.1) is 36.0 Å². The fourth-order valence-corrected chi connectivity index (χ4v) is 4.65. The molecule has 0 saturated heterocycles. The SMILES string of the molecule is CSc1nc(-c2cccc(NC(=O)CNCC(O)CO)c2)c2c(N)c(C(=O)NC(C)(C)C)sc2n1. The quantitative estimate of drug-likeness (QED) is 0.184. The van der Waals surface area contributed by atoms with E-state index in [1.807, 2.05) is 33.1 Å². The van der Waals surface area contributed by atoms with Crippen molar-refractivity contribution in [1.29, 1.82) is 0 Å². The van der Waals surface area contributed by atoms with Gasteiger partial charge in [-0.25, -0.2) is 9.97 Å². The van der Waals surface area contributed by atoms with Crippen molar-refractivity contribution in [3.8, 4) is 11.3 Å². The first-order valence-corrected chi connectivity index (χ1v) is 12.9. The number of carbonyl (C=O) groups is 2. The van der Waals surface area contributed by atoms with Crippen molar-refractivity contribution in [2.75, 3.05) is 37.0 Å². The van der Waals surface area contributed by atoms with Crippen molar-refractivity contribution < 1.29 is 19.8 Å². The molecular weight excluding hydrogens is 488 g/mol. The zero-order valence-corrected chi connectivity index (χ0v) is 21.6. The monoisotopic (exact) mass is 518 g/mol. The van der Waals surface area contributed by atoms with Crippen LogP contribution in [0, 0.1) is 0 Å². The average molecular weight is 519 g/mol. The molecule has 188 valence electrons. The molecule has 3 rings (SSSR count). The van der Waals surface area contributed by atoms with Crippen molar-refractivity contribution in [2.24, 2.45) is 0 Å². The lowest BCUT2D eigenvalue weighted by Gasteiger charge is -2.20. The molecule has 7 N–H and O–H groups in total. The number of nitrogens with two attached hydrogens (primary N) is 1. The predicted molar refractivity (Wildman–Crippen MR) is 141 cm³/mol. The van der Waals surface area contributed by atoms with Crippen molar-refractivity contribution in [1.82, 2.24) is 20.6 Å². The minimum atomic E-state index is -0.927. The molecule has 2 heterocycles. The summed E-state index contributed by atoms with van der Waals surface area (Å²) in [4.78, 5) is 35.4. The van der Waals surface area contributed by atoms with Crippen LogP contribution in [0.3, 0.4) is 0 Å². The number of amides is 2. The standard InChI is InChI=1S/C23H30N6O4S2/c1-23(2,3)29-20(33)19-17(24)16-18(27-22(34-4)28-21(16)35-19)12-6-5-7-13(8-12)26-15(32)10-25-9-14(31)11-30/h5-8,14,25,30-31H,9-11,24H2,1-4H3,(H,26,32)(H,29,33). The Labute approximate surface area is 211 Å². The smallest absolute Gasteiger partial charge is 0.263 e. The number of carbonyl (C=O) groups excluding carboxylic acids is 2. The van der Waals surface area contributed by atoms with Crippen LogP contribution in [0.1, 0.15) is 30.4 Å². The summed E-state index contributed by atoms with van der Waals surface area (Å²) in [5.74, 6) is -0.574. The van der Waals surface area contributed by atoms with E-state index in [2.05, 4.69) is 25.9 Å². The molecule has 0 aliphatic heterocycles. The fourth-order valence-electron chi connectivity index (χ4n) is 3.23. The van der Waals surface area contributed by atoms with E-state index in [0.29, 0.717) is 42.9 Å². The summed E-state index contributed by atoms with van der Waals surface area (Å²) < 4.78 is 0. The number of aliphatic hydroxyl groups is 2. The van der Waals surface area contributed by atoms with E-state index in [1.165, 1.54) is 23.1 Å².